The maximum absolute atomic E-state index is 6.06. The molecule has 0 aromatic carbocycles. The fourth-order valence-electron chi connectivity index (χ4n) is 4.56. The highest BCUT2D eigenvalue weighted by Gasteiger charge is 2.43. The van der Waals surface area contributed by atoms with Gasteiger partial charge in [0.25, 0.3) is 0 Å². The van der Waals surface area contributed by atoms with Crippen LogP contribution >= 0.6 is 0 Å². The molecule has 0 radical (unpaired) electrons. The minimum Gasteiger partial charge on any atom is -0.297 e. The first-order valence-electron chi connectivity index (χ1n) is 8.91. The van der Waals surface area contributed by atoms with Gasteiger partial charge >= 0.3 is 0 Å². The lowest BCUT2D eigenvalue weighted by Gasteiger charge is -2.50. The number of nitrogens with two attached hydrogens (primary N) is 1. The Hall–Kier alpha value is -0.120. The molecule has 3 nitrogen and oxygen atoms in total. The number of rotatable bonds is 8. The van der Waals surface area contributed by atoms with Crippen molar-refractivity contribution in [3.05, 3.63) is 0 Å². The van der Waals surface area contributed by atoms with Crippen LogP contribution < -0.4 is 11.3 Å². The minimum atomic E-state index is 0.216. The number of nitrogens with one attached hydrogen (secondary N) is 1. The standard InChI is InChI=1S/C17H37N3/c1-5-17(6-2,20(7-3)8-4)16(19-18)15-13-11-9-10-12-14-15/h15-16,19H,5-14,18H2,1-4H3. The van der Waals surface area contributed by atoms with Crippen LogP contribution in [0.2, 0.25) is 0 Å². The first kappa shape index (κ1) is 17.9. The summed E-state index contributed by atoms with van der Waals surface area (Å²) in [5.74, 6) is 6.80. The van der Waals surface area contributed by atoms with E-state index in [4.69, 9.17) is 5.84 Å². The zero-order valence-corrected chi connectivity index (χ0v) is 14.3. The van der Waals surface area contributed by atoms with Crippen molar-refractivity contribution in [2.24, 2.45) is 11.8 Å². The SMILES string of the molecule is CCN(CC)C(CC)(CC)C(NN)C1CCCCCC1. The van der Waals surface area contributed by atoms with Gasteiger partial charge in [-0.05, 0) is 44.7 Å². The Balaban J connectivity index is 2.99. The van der Waals surface area contributed by atoms with Crippen LogP contribution in [-0.2, 0) is 0 Å². The minimum absolute atomic E-state index is 0.216. The van der Waals surface area contributed by atoms with Gasteiger partial charge in [0.1, 0.15) is 0 Å². The number of hydrogen-bond acceptors (Lipinski definition) is 3. The summed E-state index contributed by atoms with van der Waals surface area (Å²) in [6.07, 6.45) is 10.6. The zero-order chi connectivity index (χ0) is 15.0. The Morgan fingerprint density at radius 1 is 1.00 bits per heavy atom. The fraction of sp³-hybridized carbons (Fsp3) is 1.00. The molecule has 0 aliphatic heterocycles. The monoisotopic (exact) mass is 283 g/mol. The Morgan fingerprint density at radius 3 is 1.85 bits per heavy atom. The van der Waals surface area contributed by atoms with E-state index in [9.17, 15) is 0 Å². The largest absolute Gasteiger partial charge is 0.297 e. The summed E-state index contributed by atoms with van der Waals surface area (Å²) in [6, 6.07) is 0.426. The van der Waals surface area contributed by atoms with E-state index in [-0.39, 0.29) is 5.54 Å². The molecular weight excluding hydrogens is 246 g/mol. The van der Waals surface area contributed by atoms with E-state index in [1.54, 1.807) is 0 Å². The average molecular weight is 284 g/mol. The van der Waals surface area contributed by atoms with Gasteiger partial charge in [0.05, 0.1) is 0 Å². The first-order chi connectivity index (χ1) is 9.69. The summed E-state index contributed by atoms with van der Waals surface area (Å²) in [7, 11) is 0. The summed E-state index contributed by atoms with van der Waals surface area (Å²) in [6.45, 7) is 11.5. The van der Waals surface area contributed by atoms with Gasteiger partial charge in [0.15, 0.2) is 0 Å². The van der Waals surface area contributed by atoms with Crippen LogP contribution in [0.3, 0.4) is 0 Å². The van der Waals surface area contributed by atoms with Crippen molar-refractivity contribution in [2.75, 3.05) is 13.1 Å². The smallest absolute Gasteiger partial charge is 0.0422 e. The van der Waals surface area contributed by atoms with Gasteiger partial charge in [0.2, 0.25) is 0 Å². The molecule has 0 spiro atoms. The molecule has 3 N–H and O–H groups in total. The molecular formula is C17H37N3. The van der Waals surface area contributed by atoms with Gasteiger partial charge in [0, 0.05) is 11.6 Å². The Bertz CT molecular complexity index is 239. The molecule has 1 unspecified atom stereocenters. The number of hydrogen-bond donors (Lipinski definition) is 2. The lowest BCUT2D eigenvalue weighted by Crippen LogP contribution is -2.64. The Morgan fingerprint density at radius 2 is 1.50 bits per heavy atom. The first-order valence-corrected chi connectivity index (χ1v) is 8.91. The molecule has 120 valence electrons. The second kappa shape index (κ2) is 9.01. The molecule has 0 heterocycles. The van der Waals surface area contributed by atoms with Crippen LogP contribution in [-0.4, -0.2) is 29.6 Å². The van der Waals surface area contributed by atoms with E-state index in [0.717, 1.165) is 19.0 Å². The molecule has 1 aliphatic rings. The van der Waals surface area contributed by atoms with Gasteiger partial charge in [-0.15, -0.1) is 0 Å². The van der Waals surface area contributed by atoms with Crippen molar-refractivity contribution < 1.29 is 0 Å². The summed E-state index contributed by atoms with van der Waals surface area (Å²) >= 11 is 0. The maximum Gasteiger partial charge on any atom is 0.0422 e. The van der Waals surface area contributed by atoms with Crippen molar-refractivity contribution >= 4 is 0 Å². The van der Waals surface area contributed by atoms with E-state index < -0.39 is 0 Å². The third-order valence-electron chi connectivity index (χ3n) is 5.75. The molecule has 1 rings (SSSR count). The van der Waals surface area contributed by atoms with Crippen LogP contribution in [0.1, 0.15) is 79.1 Å². The second-order valence-corrected chi connectivity index (χ2v) is 6.38. The topological polar surface area (TPSA) is 41.3 Å². The van der Waals surface area contributed by atoms with Crippen molar-refractivity contribution in [2.45, 2.75) is 90.6 Å². The maximum atomic E-state index is 6.06. The summed E-state index contributed by atoms with van der Waals surface area (Å²) in [4.78, 5) is 2.64. The fourth-order valence-corrected chi connectivity index (χ4v) is 4.56. The van der Waals surface area contributed by atoms with Crippen molar-refractivity contribution in [3.8, 4) is 0 Å². The molecule has 0 saturated heterocycles. The Kier molecular flexibility index (Phi) is 8.08. The zero-order valence-electron chi connectivity index (χ0n) is 14.3. The molecule has 1 aliphatic carbocycles. The highest BCUT2D eigenvalue weighted by molar-refractivity contribution is 5.01. The molecule has 0 aromatic heterocycles. The lowest BCUT2D eigenvalue weighted by atomic mass is 9.74. The number of likely N-dealkylation sites (N-methyl/N-ethyl adjacent to an activating group) is 1. The summed E-state index contributed by atoms with van der Waals surface area (Å²) in [5, 5.41) is 0. The van der Waals surface area contributed by atoms with Gasteiger partial charge in [-0.1, -0.05) is 53.4 Å². The van der Waals surface area contributed by atoms with Gasteiger partial charge < -0.3 is 0 Å². The summed E-state index contributed by atoms with van der Waals surface area (Å²) in [5.41, 5.74) is 3.47. The molecule has 1 atom stereocenters. The van der Waals surface area contributed by atoms with Gasteiger partial charge in [-0.3, -0.25) is 16.2 Å². The number of nitrogens with zero attached hydrogens (tertiary/aromatic N) is 1. The predicted octanol–water partition coefficient (Wildman–Crippen LogP) is 3.69. The third-order valence-corrected chi connectivity index (χ3v) is 5.75. The lowest BCUT2D eigenvalue weighted by molar-refractivity contribution is 0.0230. The van der Waals surface area contributed by atoms with Crippen LogP contribution in [0, 0.1) is 5.92 Å². The van der Waals surface area contributed by atoms with E-state index in [1.165, 1.54) is 51.4 Å². The normalized spacial score (nSPS) is 20.1. The molecule has 20 heavy (non-hydrogen) atoms. The van der Waals surface area contributed by atoms with Crippen LogP contribution in [0.25, 0.3) is 0 Å². The van der Waals surface area contributed by atoms with Crippen LogP contribution in [0.4, 0.5) is 0 Å². The second-order valence-electron chi connectivity index (χ2n) is 6.38. The van der Waals surface area contributed by atoms with E-state index in [1.807, 2.05) is 0 Å². The van der Waals surface area contributed by atoms with Crippen molar-refractivity contribution in [3.63, 3.8) is 0 Å². The summed E-state index contributed by atoms with van der Waals surface area (Å²) < 4.78 is 0. The van der Waals surface area contributed by atoms with Crippen molar-refractivity contribution in [1.29, 1.82) is 0 Å². The average Bonchev–Trinajstić information content (AvgIpc) is 2.76. The van der Waals surface area contributed by atoms with Gasteiger partial charge in [-0.25, -0.2) is 0 Å². The van der Waals surface area contributed by atoms with Crippen molar-refractivity contribution in [1.82, 2.24) is 10.3 Å². The molecule has 1 saturated carbocycles. The van der Waals surface area contributed by atoms with E-state index >= 15 is 0 Å². The predicted molar refractivity (Wildman–Crippen MR) is 88.5 cm³/mol. The van der Waals surface area contributed by atoms with E-state index in [0.29, 0.717) is 6.04 Å². The number of hydrazine groups is 1. The molecule has 0 bridgehead atoms. The Labute approximate surface area is 126 Å². The molecule has 0 amide bonds. The third kappa shape index (κ3) is 3.75. The molecule has 1 fully saturated rings. The highest BCUT2D eigenvalue weighted by Crippen LogP contribution is 2.36. The van der Waals surface area contributed by atoms with Crippen LogP contribution in [0.15, 0.2) is 0 Å². The van der Waals surface area contributed by atoms with Gasteiger partial charge in [-0.2, -0.15) is 0 Å². The molecule has 3 heteroatoms. The highest BCUT2D eigenvalue weighted by atomic mass is 15.3. The van der Waals surface area contributed by atoms with Crippen LogP contribution in [0.5, 0.6) is 0 Å². The molecule has 0 aromatic rings. The van der Waals surface area contributed by atoms with E-state index in [2.05, 4.69) is 38.0 Å². The quantitative estimate of drug-likeness (QED) is 0.405.